The summed E-state index contributed by atoms with van der Waals surface area (Å²) < 4.78 is 0. The molecule has 1 N–H and O–H groups in total. The highest BCUT2D eigenvalue weighted by molar-refractivity contribution is 5.50. The zero-order valence-electron chi connectivity index (χ0n) is 12.9. The van der Waals surface area contributed by atoms with Crippen LogP contribution >= 0.6 is 0 Å². The Morgan fingerprint density at radius 2 is 1.55 bits per heavy atom. The minimum absolute atomic E-state index is 0.351. The lowest BCUT2D eigenvalue weighted by atomic mass is 9.73. The Balaban J connectivity index is 1.47. The first-order valence-corrected chi connectivity index (χ1v) is 8.38. The molecule has 1 aliphatic heterocycles. The summed E-state index contributed by atoms with van der Waals surface area (Å²) >= 11 is 0. The van der Waals surface area contributed by atoms with E-state index in [2.05, 4.69) is 35.2 Å². The summed E-state index contributed by atoms with van der Waals surface area (Å²) in [6, 6.07) is 18.7. The Bertz CT molecular complexity index is 622. The maximum atomic E-state index is 9.45. The summed E-state index contributed by atoms with van der Waals surface area (Å²) in [5, 5.41) is 9.45. The SMILES string of the molecule is Oc1ccc(N2CC3CCC(c4ccccc4)CC3C2)cc1. The molecule has 1 aliphatic carbocycles. The Morgan fingerprint density at radius 1 is 0.818 bits per heavy atom. The van der Waals surface area contributed by atoms with Crippen molar-refractivity contribution in [1.29, 1.82) is 0 Å². The lowest BCUT2D eigenvalue weighted by Crippen LogP contribution is -2.22. The van der Waals surface area contributed by atoms with E-state index in [1.807, 2.05) is 12.1 Å². The maximum Gasteiger partial charge on any atom is 0.115 e. The van der Waals surface area contributed by atoms with Gasteiger partial charge in [0.25, 0.3) is 0 Å². The fourth-order valence-electron chi connectivity index (χ4n) is 4.33. The molecule has 2 nitrogen and oxygen atoms in total. The minimum Gasteiger partial charge on any atom is -0.508 e. The summed E-state index contributed by atoms with van der Waals surface area (Å²) in [5.74, 6) is 2.74. The van der Waals surface area contributed by atoms with Crippen LogP contribution in [-0.2, 0) is 0 Å². The van der Waals surface area contributed by atoms with Crippen molar-refractivity contribution in [2.75, 3.05) is 18.0 Å². The molecular weight excluding hydrogens is 270 g/mol. The van der Waals surface area contributed by atoms with E-state index < -0.39 is 0 Å². The molecule has 114 valence electrons. The number of benzene rings is 2. The van der Waals surface area contributed by atoms with Gasteiger partial charge < -0.3 is 10.0 Å². The molecular formula is C20H23NO. The van der Waals surface area contributed by atoms with E-state index in [4.69, 9.17) is 0 Å². The van der Waals surface area contributed by atoms with E-state index in [0.717, 1.165) is 17.8 Å². The van der Waals surface area contributed by atoms with Gasteiger partial charge in [0.2, 0.25) is 0 Å². The summed E-state index contributed by atoms with van der Waals surface area (Å²) in [5.41, 5.74) is 2.77. The Hall–Kier alpha value is -1.96. The number of rotatable bonds is 2. The number of aromatic hydroxyl groups is 1. The Labute approximate surface area is 132 Å². The van der Waals surface area contributed by atoms with E-state index in [1.165, 1.54) is 43.6 Å². The molecule has 2 heteroatoms. The van der Waals surface area contributed by atoms with Crippen molar-refractivity contribution in [2.45, 2.75) is 25.2 Å². The molecule has 2 aromatic rings. The van der Waals surface area contributed by atoms with Crippen molar-refractivity contribution < 1.29 is 5.11 Å². The van der Waals surface area contributed by atoms with Gasteiger partial charge in [-0.15, -0.1) is 0 Å². The van der Waals surface area contributed by atoms with Crippen LogP contribution < -0.4 is 4.90 Å². The molecule has 4 rings (SSSR count). The number of hydrogen-bond donors (Lipinski definition) is 1. The van der Waals surface area contributed by atoms with Gasteiger partial charge in [0, 0.05) is 18.8 Å². The molecule has 0 amide bonds. The molecule has 2 aromatic carbocycles. The standard InChI is InChI=1S/C20H23NO/c22-20-10-8-19(9-11-20)21-13-17-7-6-16(12-18(17)14-21)15-4-2-1-3-5-15/h1-5,8-11,16-18,22H,6-7,12-14H2. The van der Waals surface area contributed by atoms with Crippen molar-refractivity contribution in [1.82, 2.24) is 0 Å². The van der Waals surface area contributed by atoms with Crippen LogP contribution in [0.1, 0.15) is 30.7 Å². The van der Waals surface area contributed by atoms with Crippen molar-refractivity contribution in [2.24, 2.45) is 11.8 Å². The Kier molecular flexibility index (Phi) is 3.53. The Morgan fingerprint density at radius 3 is 2.32 bits per heavy atom. The van der Waals surface area contributed by atoms with Gasteiger partial charge in [-0.25, -0.2) is 0 Å². The lowest BCUT2D eigenvalue weighted by molar-refractivity contribution is 0.270. The average Bonchev–Trinajstić information content (AvgIpc) is 2.99. The van der Waals surface area contributed by atoms with Crippen LogP contribution in [0.3, 0.4) is 0 Å². The summed E-state index contributed by atoms with van der Waals surface area (Å²) in [4.78, 5) is 2.50. The first kappa shape index (κ1) is 13.7. The van der Waals surface area contributed by atoms with Crippen molar-refractivity contribution in [3.63, 3.8) is 0 Å². The average molecular weight is 293 g/mol. The fraction of sp³-hybridized carbons (Fsp3) is 0.400. The number of phenols is 1. The molecule has 3 unspecified atom stereocenters. The van der Waals surface area contributed by atoms with Gasteiger partial charge in [-0.05, 0) is 66.8 Å². The van der Waals surface area contributed by atoms with Gasteiger partial charge in [-0.1, -0.05) is 30.3 Å². The molecule has 0 aromatic heterocycles. The minimum atomic E-state index is 0.351. The molecule has 3 atom stereocenters. The third kappa shape index (κ3) is 2.58. The second-order valence-electron chi connectivity index (χ2n) is 6.86. The molecule has 1 saturated heterocycles. The number of anilines is 1. The first-order valence-electron chi connectivity index (χ1n) is 8.38. The molecule has 22 heavy (non-hydrogen) atoms. The van der Waals surface area contributed by atoms with Crippen LogP contribution in [0.25, 0.3) is 0 Å². The normalized spacial score (nSPS) is 27.6. The zero-order valence-corrected chi connectivity index (χ0v) is 12.9. The molecule has 2 fully saturated rings. The summed E-state index contributed by atoms with van der Waals surface area (Å²) in [7, 11) is 0. The molecule has 2 aliphatic rings. The summed E-state index contributed by atoms with van der Waals surface area (Å²) in [6.45, 7) is 2.34. The van der Waals surface area contributed by atoms with Crippen LogP contribution in [-0.4, -0.2) is 18.2 Å². The quantitative estimate of drug-likeness (QED) is 0.886. The van der Waals surface area contributed by atoms with E-state index in [1.54, 1.807) is 12.1 Å². The second kappa shape index (κ2) is 5.68. The van der Waals surface area contributed by atoms with Crippen molar-refractivity contribution in [3.8, 4) is 5.75 Å². The molecule has 0 radical (unpaired) electrons. The molecule has 0 bridgehead atoms. The number of fused-ring (bicyclic) bond motifs is 1. The molecule has 0 spiro atoms. The van der Waals surface area contributed by atoms with Gasteiger partial charge in [-0.2, -0.15) is 0 Å². The predicted octanol–water partition coefficient (Wildman–Crippen LogP) is 4.41. The van der Waals surface area contributed by atoms with Crippen LogP contribution in [0, 0.1) is 11.8 Å². The van der Waals surface area contributed by atoms with Gasteiger partial charge >= 0.3 is 0 Å². The van der Waals surface area contributed by atoms with Gasteiger partial charge in [0.15, 0.2) is 0 Å². The number of nitrogens with zero attached hydrogens (tertiary/aromatic N) is 1. The smallest absolute Gasteiger partial charge is 0.115 e. The van der Waals surface area contributed by atoms with Crippen molar-refractivity contribution in [3.05, 3.63) is 60.2 Å². The zero-order chi connectivity index (χ0) is 14.9. The highest BCUT2D eigenvalue weighted by atomic mass is 16.3. The highest BCUT2D eigenvalue weighted by Gasteiger charge is 2.38. The highest BCUT2D eigenvalue weighted by Crippen LogP contribution is 2.44. The van der Waals surface area contributed by atoms with Gasteiger partial charge in [-0.3, -0.25) is 0 Å². The van der Waals surface area contributed by atoms with E-state index in [0.29, 0.717) is 5.75 Å². The first-order chi connectivity index (χ1) is 10.8. The van der Waals surface area contributed by atoms with Crippen LogP contribution in [0.5, 0.6) is 5.75 Å². The van der Waals surface area contributed by atoms with E-state index in [-0.39, 0.29) is 0 Å². The largest absolute Gasteiger partial charge is 0.508 e. The lowest BCUT2D eigenvalue weighted by Gasteiger charge is -2.31. The molecule has 1 saturated carbocycles. The van der Waals surface area contributed by atoms with Crippen LogP contribution in [0.15, 0.2) is 54.6 Å². The van der Waals surface area contributed by atoms with Gasteiger partial charge in [0.1, 0.15) is 5.75 Å². The van der Waals surface area contributed by atoms with Gasteiger partial charge in [0.05, 0.1) is 0 Å². The van der Waals surface area contributed by atoms with E-state index >= 15 is 0 Å². The van der Waals surface area contributed by atoms with Crippen molar-refractivity contribution >= 4 is 5.69 Å². The number of phenolic OH excluding ortho intramolecular Hbond substituents is 1. The summed E-state index contributed by atoms with van der Waals surface area (Å²) in [6.07, 6.45) is 4.00. The third-order valence-electron chi connectivity index (χ3n) is 5.54. The van der Waals surface area contributed by atoms with Crippen LogP contribution in [0.2, 0.25) is 0 Å². The topological polar surface area (TPSA) is 23.5 Å². The second-order valence-corrected chi connectivity index (χ2v) is 6.86. The van der Waals surface area contributed by atoms with Crippen LogP contribution in [0.4, 0.5) is 5.69 Å². The fourth-order valence-corrected chi connectivity index (χ4v) is 4.33. The molecule has 1 heterocycles. The third-order valence-corrected chi connectivity index (χ3v) is 5.54. The predicted molar refractivity (Wildman–Crippen MR) is 90.3 cm³/mol. The monoisotopic (exact) mass is 293 g/mol. The number of hydrogen-bond acceptors (Lipinski definition) is 2. The van der Waals surface area contributed by atoms with E-state index in [9.17, 15) is 5.11 Å². The maximum absolute atomic E-state index is 9.45.